The van der Waals surface area contributed by atoms with E-state index in [9.17, 15) is 0 Å². The number of rotatable bonds is 3. The lowest BCUT2D eigenvalue weighted by Gasteiger charge is -2.21. The summed E-state index contributed by atoms with van der Waals surface area (Å²) in [6.07, 6.45) is 6.18. The number of hydrogen-bond acceptors (Lipinski definition) is 3. The van der Waals surface area contributed by atoms with Crippen molar-refractivity contribution in [3.63, 3.8) is 0 Å². The van der Waals surface area contributed by atoms with Gasteiger partial charge in [0.25, 0.3) is 0 Å². The fourth-order valence-electron chi connectivity index (χ4n) is 2.38. The minimum Gasteiger partial charge on any atom is -0.284 e. The molecule has 0 radical (unpaired) electrons. The second kappa shape index (κ2) is 6.01. The molecule has 1 aromatic heterocycles. The number of hydrogen-bond donors (Lipinski definition) is 1. The Labute approximate surface area is 145 Å². The number of aromatic nitrogens is 1. The monoisotopic (exact) mass is 405 g/mol. The zero-order valence-electron chi connectivity index (χ0n) is 13.0. The van der Waals surface area contributed by atoms with Crippen LogP contribution in [0.1, 0.15) is 36.7 Å². The number of aryl methyl sites for hydroxylation is 1. The predicted molar refractivity (Wildman–Crippen MR) is 100.0 cm³/mol. The summed E-state index contributed by atoms with van der Waals surface area (Å²) in [5.74, 6) is 0. The first-order valence-electron chi connectivity index (χ1n) is 7.39. The zero-order chi connectivity index (χ0) is 15.7. The largest absolute Gasteiger partial charge is 0.284 e. The summed E-state index contributed by atoms with van der Waals surface area (Å²) in [4.78, 5) is 4.62. The Morgan fingerprint density at radius 2 is 1.86 bits per heavy atom. The van der Waals surface area contributed by atoms with Gasteiger partial charge in [0.1, 0.15) is 0 Å². The first-order valence-corrected chi connectivity index (χ1v) is 8.47. The molecule has 0 fully saturated rings. The molecular formula is C18H20IN3. The predicted octanol–water partition coefficient (Wildman–Crippen LogP) is 4.64. The Hall–Kier alpha value is -1.40. The van der Waals surface area contributed by atoms with Gasteiger partial charge < -0.3 is 0 Å². The van der Waals surface area contributed by atoms with E-state index in [0.29, 0.717) is 0 Å². The molecule has 0 aliphatic carbocycles. The third-order valence-corrected chi connectivity index (χ3v) is 4.43. The van der Waals surface area contributed by atoms with Crippen molar-refractivity contribution in [2.75, 3.05) is 5.01 Å². The van der Waals surface area contributed by atoms with Gasteiger partial charge in [-0.1, -0.05) is 46.4 Å². The van der Waals surface area contributed by atoms with Gasteiger partial charge in [-0.3, -0.25) is 9.99 Å². The van der Waals surface area contributed by atoms with E-state index in [0.717, 1.165) is 11.4 Å². The smallest absolute Gasteiger partial charge is 0.0885 e. The Balaban J connectivity index is 1.73. The van der Waals surface area contributed by atoms with Crippen molar-refractivity contribution < 1.29 is 0 Å². The van der Waals surface area contributed by atoms with Gasteiger partial charge in [-0.2, -0.15) is 0 Å². The summed E-state index contributed by atoms with van der Waals surface area (Å²) in [6, 6.07) is 12.9. The van der Waals surface area contributed by atoms with Crippen LogP contribution in [0.3, 0.4) is 0 Å². The molecule has 2 aromatic rings. The summed E-state index contributed by atoms with van der Waals surface area (Å²) >= 11 is 2.44. The standard InChI is InChI=1S/C18H20IN3/c1-13-4-7-15(8-5-13)22-11-10-17(21-22)16-9-6-14(12-20-16)18(2,3)19/h4-12,17,21H,1-3H3. The van der Waals surface area contributed by atoms with Crippen LogP contribution in [0.4, 0.5) is 5.69 Å². The summed E-state index contributed by atoms with van der Waals surface area (Å²) in [7, 11) is 0. The van der Waals surface area contributed by atoms with Crippen LogP contribution in [0.25, 0.3) is 0 Å². The minimum absolute atomic E-state index is 0.107. The van der Waals surface area contributed by atoms with Crippen LogP contribution in [-0.4, -0.2) is 4.98 Å². The molecule has 1 aliphatic heterocycles. The van der Waals surface area contributed by atoms with Gasteiger partial charge >= 0.3 is 0 Å². The molecule has 0 spiro atoms. The highest BCUT2D eigenvalue weighted by atomic mass is 127. The average Bonchev–Trinajstić information content (AvgIpc) is 2.97. The molecule has 3 rings (SSSR count). The van der Waals surface area contributed by atoms with E-state index in [-0.39, 0.29) is 9.46 Å². The summed E-state index contributed by atoms with van der Waals surface area (Å²) < 4.78 is 0.107. The zero-order valence-corrected chi connectivity index (χ0v) is 15.2. The van der Waals surface area contributed by atoms with E-state index in [1.807, 2.05) is 11.2 Å². The van der Waals surface area contributed by atoms with E-state index in [4.69, 9.17) is 0 Å². The van der Waals surface area contributed by atoms with Gasteiger partial charge in [-0.05, 0) is 50.6 Å². The fraction of sp³-hybridized carbons (Fsp3) is 0.278. The highest BCUT2D eigenvalue weighted by Crippen LogP contribution is 2.31. The molecule has 0 saturated carbocycles. The van der Waals surface area contributed by atoms with Gasteiger partial charge in [0.05, 0.1) is 17.4 Å². The lowest BCUT2D eigenvalue weighted by atomic mass is 10.0. The number of nitrogens with one attached hydrogen (secondary N) is 1. The lowest BCUT2D eigenvalue weighted by Crippen LogP contribution is -2.31. The number of hydrazine groups is 1. The second-order valence-electron chi connectivity index (χ2n) is 6.10. The van der Waals surface area contributed by atoms with Crippen molar-refractivity contribution in [1.82, 2.24) is 10.4 Å². The Kier molecular flexibility index (Phi) is 4.23. The van der Waals surface area contributed by atoms with E-state index in [1.54, 1.807) is 0 Å². The molecule has 3 nitrogen and oxygen atoms in total. The molecule has 1 unspecified atom stereocenters. The molecule has 4 heteroatoms. The van der Waals surface area contributed by atoms with Crippen LogP contribution in [-0.2, 0) is 3.42 Å². The first kappa shape index (κ1) is 15.5. The van der Waals surface area contributed by atoms with Crippen molar-refractivity contribution in [3.8, 4) is 0 Å². The number of halogens is 1. The highest BCUT2D eigenvalue weighted by molar-refractivity contribution is 14.1. The SMILES string of the molecule is Cc1ccc(N2C=CC(c3ccc(C(C)(C)I)cn3)N2)cc1. The molecule has 114 valence electrons. The second-order valence-corrected chi connectivity index (χ2v) is 8.79. The highest BCUT2D eigenvalue weighted by Gasteiger charge is 2.21. The number of pyridine rings is 1. The van der Waals surface area contributed by atoms with Gasteiger partial charge in [-0.15, -0.1) is 0 Å². The molecule has 1 N–H and O–H groups in total. The molecule has 2 heterocycles. The van der Waals surface area contributed by atoms with Crippen LogP contribution >= 0.6 is 22.6 Å². The molecule has 0 amide bonds. The van der Waals surface area contributed by atoms with E-state index in [1.165, 1.54) is 11.1 Å². The topological polar surface area (TPSA) is 28.2 Å². The number of nitrogens with zero attached hydrogens (tertiary/aromatic N) is 2. The maximum atomic E-state index is 4.62. The van der Waals surface area contributed by atoms with Gasteiger partial charge in [-0.25, -0.2) is 5.43 Å². The number of anilines is 1. The van der Waals surface area contributed by atoms with Gasteiger partial charge in [0, 0.05) is 15.8 Å². The normalized spacial score (nSPS) is 18.0. The summed E-state index contributed by atoms with van der Waals surface area (Å²) in [5, 5.41) is 2.04. The van der Waals surface area contributed by atoms with Crippen LogP contribution in [0.5, 0.6) is 0 Å². The third kappa shape index (κ3) is 3.33. The Bertz CT molecular complexity index is 669. The van der Waals surface area contributed by atoms with Crippen LogP contribution in [0.2, 0.25) is 0 Å². The molecule has 0 saturated heterocycles. The Morgan fingerprint density at radius 1 is 1.14 bits per heavy atom. The average molecular weight is 405 g/mol. The van der Waals surface area contributed by atoms with Crippen molar-refractivity contribution in [3.05, 3.63) is 71.7 Å². The van der Waals surface area contributed by atoms with Crippen molar-refractivity contribution in [1.29, 1.82) is 0 Å². The fourth-order valence-corrected chi connectivity index (χ4v) is 2.70. The molecule has 22 heavy (non-hydrogen) atoms. The van der Waals surface area contributed by atoms with Crippen LogP contribution < -0.4 is 10.4 Å². The number of alkyl halides is 1. The third-order valence-electron chi connectivity index (χ3n) is 3.81. The van der Waals surface area contributed by atoms with Crippen LogP contribution in [0.15, 0.2) is 54.9 Å². The maximum absolute atomic E-state index is 4.62. The summed E-state index contributed by atoms with van der Waals surface area (Å²) in [6.45, 7) is 6.48. The Morgan fingerprint density at radius 3 is 2.45 bits per heavy atom. The lowest BCUT2D eigenvalue weighted by molar-refractivity contribution is 0.652. The first-order chi connectivity index (χ1) is 10.4. The van der Waals surface area contributed by atoms with E-state index in [2.05, 4.69) is 102 Å². The molecular weight excluding hydrogens is 385 g/mol. The van der Waals surface area contributed by atoms with Crippen LogP contribution in [0, 0.1) is 6.92 Å². The molecule has 1 aliphatic rings. The van der Waals surface area contributed by atoms with Gasteiger partial charge in [0.2, 0.25) is 0 Å². The van der Waals surface area contributed by atoms with E-state index < -0.39 is 0 Å². The van der Waals surface area contributed by atoms with Crippen molar-refractivity contribution in [2.45, 2.75) is 30.2 Å². The molecule has 0 bridgehead atoms. The summed E-state index contributed by atoms with van der Waals surface area (Å²) in [5.41, 5.74) is 8.14. The molecule has 1 aromatic carbocycles. The van der Waals surface area contributed by atoms with Crippen molar-refractivity contribution >= 4 is 28.3 Å². The maximum Gasteiger partial charge on any atom is 0.0885 e. The van der Waals surface area contributed by atoms with Gasteiger partial charge in [0.15, 0.2) is 0 Å². The molecule has 1 atom stereocenters. The number of benzene rings is 1. The van der Waals surface area contributed by atoms with E-state index >= 15 is 0 Å². The van der Waals surface area contributed by atoms with Crippen molar-refractivity contribution in [2.24, 2.45) is 0 Å². The quantitative estimate of drug-likeness (QED) is 0.596. The minimum atomic E-state index is 0.107.